The van der Waals surface area contributed by atoms with Gasteiger partial charge < -0.3 is 4.74 Å². The third-order valence-electron chi connectivity index (χ3n) is 2.19. The summed E-state index contributed by atoms with van der Waals surface area (Å²) in [6.45, 7) is 0. The van der Waals surface area contributed by atoms with Gasteiger partial charge in [-0.15, -0.1) is 0 Å². The maximum Gasteiger partial charge on any atom is 0.155 e. The van der Waals surface area contributed by atoms with Gasteiger partial charge in [0.1, 0.15) is 11.5 Å². The van der Waals surface area contributed by atoms with Gasteiger partial charge in [0.05, 0.1) is 15.6 Å². The fraction of sp³-hybridized carbons (Fsp3) is 0. The zero-order valence-corrected chi connectivity index (χ0v) is 10.2. The Morgan fingerprint density at radius 3 is 2.24 bits per heavy atom. The molecule has 0 N–H and O–H groups in total. The molecule has 0 fully saturated rings. The summed E-state index contributed by atoms with van der Waals surface area (Å²) < 4.78 is 5.56. The summed E-state index contributed by atoms with van der Waals surface area (Å²) in [6.07, 6.45) is 0.661. The first kappa shape index (κ1) is 12.0. The highest BCUT2D eigenvalue weighted by molar-refractivity contribution is 6.33. The van der Waals surface area contributed by atoms with Crippen molar-refractivity contribution in [3.8, 4) is 11.5 Å². The minimum atomic E-state index is 0.314. The molecule has 0 atom stereocenters. The van der Waals surface area contributed by atoms with Crippen molar-refractivity contribution in [1.29, 1.82) is 0 Å². The van der Waals surface area contributed by atoms with Crippen molar-refractivity contribution >= 4 is 29.5 Å². The Morgan fingerprint density at radius 2 is 1.53 bits per heavy atom. The lowest BCUT2D eigenvalue weighted by atomic mass is 10.2. The molecule has 4 heteroatoms. The predicted molar refractivity (Wildman–Crippen MR) is 68.4 cm³/mol. The lowest BCUT2D eigenvalue weighted by Crippen LogP contribution is -1.91. The van der Waals surface area contributed by atoms with Crippen molar-refractivity contribution in [2.45, 2.75) is 0 Å². The van der Waals surface area contributed by atoms with Gasteiger partial charge in [0, 0.05) is 0 Å². The van der Waals surface area contributed by atoms with Gasteiger partial charge in [-0.3, -0.25) is 4.79 Å². The van der Waals surface area contributed by atoms with Gasteiger partial charge >= 0.3 is 0 Å². The van der Waals surface area contributed by atoms with E-state index < -0.39 is 0 Å². The number of carbonyl (C=O) groups excluding carboxylic acids is 1. The van der Waals surface area contributed by atoms with Crippen LogP contribution in [0, 0.1) is 0 Å². The summed E-state index contributed by atoms with van der Waals surface area (Å²) in [5.41, 5.74) is 0.314. The van der Waals surface area contributed by atoms with E-state index in [2.05, 4.69) is 0 Å². The first-order chi connectivity index (χ1) is 8.22. The van der Waals surface area contributed by atoms with Crippen LogP contribution in [0.2, 0.25) is 10.0 Å². The van der Waals surface area contributed by atoms with Crippen LogP contribution in [0.25, 0.3) is 0 Å². The average Bonchev–Trinajstić information content (AvgIpc) is 2.32. The standard InChI is InChI=1S/C13H8Cl2O2/c14-10-5-3-7-12(9(10)8-16)17-13-6-2-1-4-11(13)15/h1-8H. The van der Waals surface area contributed by atoms with E-state index in [4.69, 9.17) is 27.9 Å². The molecule has 0 heterocycles. The molecule has 2 aromatic carbocycles. The van der Waals surface area contributed by atoms with Gasteiger partial charge in [0.15, 0.2) is 6.29 Å². The molecule has 0 saturated heterocycles. The predicted octanol–water partition coefficient (Wildman–Crippen LogP) is 4.60. The van der Waals surface area contributed by atoms with E-state index in [9.17, 15) is 4.79 Å². The molecule has 2 nitrogen and oxygen atoms in total. The Hall–Kier alpha value is -1.51. The zero-order valence-electron chi connectivity index (χ0n) is 8.69. The molecule has 0 unspecified atom stereocenters. The molecule has 2 aromatic rings. The molecule has 0 spiro atoms. The molecular weight excluding hydrogens is 259 g/mol. The van der Waals surface area contributed by atoms with Crippen molar-refractivity contribution in [2.24, 2.45) is 0 Å². The monoisotopic (exact) mass is 266 g/mol. The minimum absolute atomic E-state index is 0.314. The first-order valence-electron chi connectivity index (χ1n) is 4.88. The van der Waals surface area contributed by atoms with E-state index in [1.165, 1.54) is 0 Å². The normalized spacial score (nSPS) is 10.0. The lowest BCUT2D eigenvalue weighted by Gasteiger charge is -2.09. The highest BCUT2D eigenvalue weighted by atomic mass is 35.5. The Balaban J connectivity index is 2.40. The summed E-state index contributed by atoms with van der Waals surface area (Å²) in [6, 6.07) is 12.0. The van der Waals surface area contributed by atoms with Crippen molar-refractivity contribution < 1.29 is 9.53 Å². The SMILES string of the molecule is O=Cc1c(Cl)cccc1Oc1ccccc1Cl. The van der Waals surface area contributed by atoms with Crippen molar-refractivity contribution in [3.05, 3.63) is 58.1 Å². The molecule has 0 radical (unpaired) electrons. The maximum atomic E-state index is 10.9. The number of ether oxygens (including phenoxy) is 1. The van der Waals surface area contributed by atoms with Crippen molar-refractivity contribution in [3.63, 3.8) is 0 Å². The molecule has 0 amide bonds. The Bertz CT molecular complexity index is 553. The molecule has 17 heavy (non-hydrogen) atoms. The van der Waals surface area contributed by atoms with Crippen molar-refractivity contribution in [1.82, 2.24) is 0 Å². The largest absolute Gasteiger partial charge is 0.455 e. The van der Waals surface area contributed by atoms with Gasteiger partial charge in [0.25, 0.3) is 0 Å². The second kappa shape index (κ2) is 5.21. The Morgan fingerprint density at radius 1 is 0.882 bits per heavy atom. The van der Waals surface area contributed by atoms with Gasteiger partial charge in [-0.1, -0.05) is 41.4 Å². The summed E-state index contributed by atoms with van der Waals surface area (Å²) in [4.78, 5) is 10.9. The van der Waals surface area contributed by atoms with Crippen LogP contribution in [0.15, 0.2) is 42.5 Å². The smallest absolute Gasteiger partial charge is 0.155 e. The molecule has 0 aliphatic heterocycles. The average molecular weight is 267 g/mol. The van der Waals surface area contributed by atoms with Gasteiger partial charge in [-0.05, 0) is 24.3 Å². The molecule has 0 aliphatic rings. The third kappa shape index (κ3) is 2.60. The van der Waals surface area contributed by atoms with E-state index >= 15 is 0 Å². The maximum absolute atomic E-state index is 10.9. The number of benzene rings is 2. The number of hydrogen-bond donors (Lipinski definition) is 0. The fourth-order valence-corrected chi connectivity index (χ4v) is 1.75. The van der Waals surface area contributed by atoms with Crippen LogP contribution in [-0.4, -0.2) is 6.29 Å². The van der Waals surface area contributed by atoms with E-state index in [0.29, 0.717) is 33.4 Å². The Kier molecular flexibility index (Phi) is 3.67. The van der Waals surface area contributed by atoms with Crippen LogP contribution in [0.1, 0.15) is 10.4 Å². The van der Waals surface area contributed by atoms with E-state index in [0.717, 1.165) is 0 Å². The minimum Gasteiger partial charge on any atom is -0.455 e. The number of rotatable bonds is 3. The fourth-order valence-electron chi connectivity index (χ4n) is 1.37. The topological polar surface area (TPSA) is 26.3 Å². The van der Waals surface area contributed by atoms with Gasteiger partial charge in [-0.2, -0.15) is 0 Å². The number of carbonyl (C=O) groups is 1. The van der Waals surface area contributed by atoms with Crippen LogP contribution in [0.3, 0.4) is 0 Å². The van der Waals surface area contributed by atoms with Crippen molar-refractivity contribution in [2.75, 3.05) is 0 Å². The van der Waals surface area contributed by atoms with Crippen LogP contribution in [0.5, 0.6) is 11.5 Å². The molecule has 0 bridgehead atoms. The quantitative estimate of drug-likeness (QED) is 0.760. The summed E-state index contributed by atoms with van der Waals surface area (Å²) in [5, 5.41) is 0.828. The van der Waals surface area contributed by atoms with Crippen LogP contribution in [0.4, 0.5) is 0 Å². The molecule has 0 saturated carbocycles. The molecular formula is C13H8Cl2O2. The second-order valence-corrected chi connectivity index (χ2v) is 4.12. The van der Waals surface area contributed by atoms with Gasteiger partial charge in [-0.25, -0.2) is 0 Å². The van der Waals surface area contributed by atoms with E-state index in [-0.39, 0.29) is 0 Å². The van der Waals surface area contributed by atoms with Crippen LogP contribution < -0.4 is 4.74 Å². The number of para-hydroxylation sites is 1. The summed E-state index contributed by atoms with van der Waals surface area (Å²) >= 11 is 11.9. The van der Waals surface area contributed by atoms with Crippen LogP contribution in [-0.2, 0) is 0 Å². The summed E-state index contributed by atoms with van der Waals surface area (Å²) in [5.74, 6) is 0.875. The first-order valence-corrected chi connectivity index (χ1v) is 5.64. The van der Waals surface area contributed by atoms with E-state index in [1.807, 2.05) is 0 Å². The van der Waals surface area contributed by atoms with Crippen LogP contribution >= 0.6 is 23.2 Å². The zero-order chi connectivity index (χ0) is 12.3. The highest BCUT2D eigenvalue weighted by Gasteiger charge is 2.09. The molecule has 0 aliphatic carbocycles. The molecule has 86 valence electrons. The molecule has 2 rings (SSSR count). The third-order valence-corrected chi connectivity index (χ3v) is 2.83. The highest BCUT2D eigenvalue weighted by Crippen LogP contribution is 2.32. The molecule has 0 aromatic heterocycles. The number of aldehydes is 1. The van der Waals surface area contributed by atoms with E-state index in [1.54, 1.807) is 42.5 Å². The summed E-state index contributed by atoms with van der Waals surface area (Å²) in [7, 11) is 0. The number of hydrogen-bond acceptors (Lipinski definition) is 2. The number of halogens is 2. The second-order valence-electron chi connectivity index (χ2n) is 3.30. The van der Waals surface area contributed by atoms with Gasteiger partial charge in [0.2, 0.25) is 0 Å². The lowest BCUT2D eigenvalue weighted by molar-refractivity contribution is 0.112. The Labute approximate surface area is 109 Å².